The van der Waals surface area contributed by atoms with Crippen molar-refractivity contribution in [2.24, 2.45) is 11.3 Å². The van der Waals surface area contributed by atoms with Gasteiger partial charge in [-0.05, 0) is 73.3 Å². The van der Waals surface area contributed by atoms with E-state index in [1.165, 1.54) is 22.8 Å². The summed E-state index contributed by atoms with van der Waals surface area (Å²) in [6.07, 6.45) is 9.07. The molecule has 9 heteroatoms. The van der Waals surface area contributed by atoms with Crippen LogP contribution >= 0.6 is 0 Å². The Morgan fingerprint density at radius 2 is 1.85 bits per heavy atom. The number of pyridine rings is 2. The first-order valence-corrected chi connectivity index (χ1v) is 14.1. The Balaban J connectivity index is 1.61. The van der Waals surface area contributed by atoms with Crippen LogP contribution in [0.15, 0.2) is 53.5 Å². The molecule has 4 heterocycles. The number of phenolic OH excluding ortho intramolecular Hbond substituents is 1. The van der Waals surface area contributed by atoms with Crippen LogP contribution in [0.4, 0.5) is 14.6 Å². The van der Waals surface area contributed by atoms with E-state index in [4.69, 9.17) is 0 Å². The van der Waals surface area contributed by atoms with Gasteiger partial charge in [0.05, 0.1) is 22.3 Å². The second kappa shape index (κ2) is 10.0. The van der Waals surface area contributed by atoms with Crippen LogP contribution in [-0.4, -0.2) is 37.7 Å². The van der Waals surface area contributed by atoms with Gasteiger partial charge < -0.3 is 10.0 Å². The molecule has 4 aromatic rings. The lowest BCUT2D eigenvalue weighted by Gasteiger charge is -2.43. The Labute approximate surface area is 237 Å². The van der Waals surface area contributed by atoms with Crippen molar-refractivity contribution < 1.29 is 13.9 Å². The third kappa shape index (κ3) is 4.38. The van der Waals surface area contributed by atoms with Gasteiger partial charge in [0.25, 0.3) is 0 Å². The number of aryl methyl sites for hydroxylation is 1. The summed E-state index contributed by atoms with van der Waals surface area (Å²) in [6, 6.07) is 6.80. The number of halogens is 2. The molecule has 1 fully saturated rings. The first-order valence-electron chi connectivity index (χ1n) is 14.1. The minimum atomic E-state index is -0.819. The molecule has 2 aliphatic rings. The number of benzene rings is 1. The Morgan fingerprint density at radius 1 is 1.10 bits per heavy atom. The van der Waals surface area contributed by atoms with Crippen LogP contribution in [-0.2, 0) is 0 Å². The Bertz CT molecular complexity index is 1740. The van der Waals surface area contributed by atoms with E-state index < -0.39 is 23.1 Å². The smallest absolute Gasteiger partial charge is 0.355 e. The number of allylic oxidation sites excluding steroid dienone is 2. The fourth-order valence-corrected chi connectivity index (χ4v) is 6.48. The monoisotopic (exact) mass is 557 g/mol. The fourth-order valence-electron chi connectivity index (χ4n) is 6.48. The molecular weight excluding hydrogens is 524 g/mol. The first kappa shape index (κ1) is 27.1. The van der Waals surface area contributed by atoms with E-state index >= 15 is 4.39 Å². The van der Waals surface area contributed by atoms with Gasteiger partial charge in [-0.2, -0.15) is 4.98 Å². The normalized spacial score (nSPS) is 18.2. The molecule has 6 rings (SSSR count). The molecule has 7 nitrogen and oxygen atoms in total. The topological polar surface area (TPSA) is 84.1 Å². The standard InChI is InChI=1S/C32H33F2N5O2/c1-18(2)26-28(19(3)10-14-35-26)39-30-21(17-23(34)27(36-30)25-22(33)8-5-9-24(25)40)29(37-31(39)41)38-15-12-32(13-16-38)11-6-7-20(32)4/h5-10,14,17-18,20,40H,11-13,15-16H2,1-4H3. The largest absolute Gasteiger partial charge is 0.507 e. The first-order chi connectivity index (χ1) is 19.6. The van der Waals surface area contributed by atoms with E-state index in [9.17, 15) is 14.3 Å². The highest BCUT2D eigenvalue weighted by molar-refractivity contribution is 5.91. The van der Waals surface area contributed by atoms with E-state index in [1.807, 2.05) is 25.7 Å². The van der Waals surface area contributed by atoms with Gasteiger partial charge in [0.1, 0.15) is 23.1 Å². The average Bonchev–Trinajstić information content (AvgIpc) is 3.28. The number of fused-ring (bicyclic) bond motifs is 1. The van der Waals surface area contributed by atoms with Crippen molar-refractivity contribution in [3.05, 3.63) is 82.1 Å². The average molecular weight is 558 g/mol. The van der Waals surface area contributed by atoms with Gasteiger partial charge in [0.2, 0.25) is 0 Å². The van der Waals surface area contributed by atoms with Crippen molar-refractivity contribution in [1.29, 1.82) is 0 Å². The molecule has 0 saturated carbocycles. The number of hydrogen-bond donors (Lipinski definition) is 1. The fraction of sp³-hybridized carbons (Fsp3) is 0.375. The number of phenols is 1. The molecule has 0 amide bonds. The maximum absolute atomic E-state index is 15.8. The van der Waals surface area contributed by atoms with Crippen molar-refractivity contribution in [2.75, 3.05) is 18.0 Å². The minimum Gasteiger partial charge on any atom is -0.507 e. The van der Waals surface area contributed by atoms with Gasteiger partial charge in [-0.1, -0.05) is 39.0 Å². The number of aromatic nitrogens is 4. The van der Waals surface area contributed by atoms with E-state index in [0.717, 1.165) is 30.9 Å². The number of aromatic hydroxyl groups is 1. The predicted octanol–water partition coefficient (Wildman–Crippen LogP) is 6.44. The highest BCUT2D eigenvalue weighted by atomic mass is 19.1. The molecule has 1 unspecified atom stereocenters. The predicted molar refractivity (Wildman–Crippen MR) is 156 cm³/mol. The van der Waals surface area contributed by atoms with Crippen LogP contribution in [0.3, 0.4) is 0 Å². The van der Waals surface area contributed by atoms with Gasteiger partial charge >= 0.3 is 5.69 Å². The summed E-state index contributed by atoms with van der Waals surface area (Å²) < 4.78 is 32.1. The lowest BCUT2D eigenvalue weighted by atomic mass is 9.71. The molecule has 212 valence electrons. The molecule has 1 N–H and O–H groups in total. The summed E-state index contributed by atoms with van der Waals surface area (Å²) in [5, 5.41) is 10.8. The molecule has 1 saturated heterocycles. The number of piperidine rings is 1. The van der Waals surface area contributed by atoms with Crippen LogP contribution in [0.2, 0.25) is 0 Å². The number of hydrogen-bond acceptors (Lipinski definition) is 6. The van der Waals surface area contributed by atoms with Crippen molar-refractivity contribution in [3.8, 4) is 22.7 Å². The number of rotatable bonds is 4. The van der Waals surface area contributed by atoms with Crippen LogP contribution in [0, 0.1) is 29.9 Å². The van der Waals surface area contributed by atoms with Gasteiger partial charge in [-0.3, -0.25) is 4.98 Å². The lowest BCUT2D eigenvalue weighted by Crippen LogP contribution is -2.43. The maximum Gasteiger partial charge on any atom is 0.355 e. The molecule has 3 aromatic heterocycles. The van der Waals surface area contributed by atoms with Crippen LogP contribution in [0.1, 0.15) is 57.2 Å². The highest BCUT2D eigenvalue weighted by Crippen LogP contribution is 2.47. The van der Waals surface area contributed by atoms with Gasteiger partial charge in [0, 0.05) is 19.3 Å². The maximum atomic E-state index is 15.8. The van der Waals surface area contributed by atoms with Crippen molar-refractivity contribution in [3.63, 3.8) is 0 Å². The molecular formula is C32H33F2N5O2. The Morgan fingerprint density at radius 3 is 2.51 bits per heavy atom. The molecule has 0 bridgehead atoms. The second-order valence-corrected chi connectivity index (χ2v) is 11.7. The molecule has 0 radical (unpaired) electrons. The van der Waals surface area contributed by atoms with Gasteiger partial charge in [0.15, 0.2) is 11.5 Å². The summed E-state index contributed by atoms with van der Waals surface area (Å²) in [6.45, 7) is 9.38. The Kier molecular flexibility index (Phi) is 6.63. The summed E-state index contributed by atoms with van der Waals surface area (Å²) in [5.41, 5.74) is 0.950. The SMILES string of the molecule is Cc1ccnc(C(C)C)c1-n1c(=O)nc(N2CCC3(CC=CC3C)CC2)c2cc(F)c(-c3c(O)cccc3F)nc21. The second-order valence-electron chi connectivity index (χ2n) is 11.7. The summed E-state index contributed by atoms with van der Waals surface area (Å²) in [4.78, 5) is 29.6. The molecule has 1 atom stereocenters. The quantitative estimate of drug-likeness (QED) is 0.291. The zero-order chi connectivity index (χ0) is 29.1. The third-order valence-electron chi connectivity index (χ3n) is 8.93. The highest BCUT2D eigenvalue weighted by Gasteiger charge is 2.40. The van der Waals surface area contributed by atoms with Crippen LogP contribution in [0.25, 0.3) is 28.0 Å². The number of nitrogens with zero attached hydrogens (tertiary/aromatic N) is 5. The molecule has 1 aromatic carbocycles. The van der Waals surface area contributed by atoms with Crippen molar-refractivity contribution in [2.45, 2.75) is 52.9 Å². The third-order valence-corrected chi connectivity index (χ3v) is 8.93. The molecule has 1 spiro atoms. The molecule has 41 heavy (non-hydrogen) atoms. The minimum absolute atomic E-state index is 0.0395. The van der Waals surface area contributed by atoms with Crippen molar-refractivity contribution in [1.82, 2.24) is 19.5 Å². The van der Waals surface area contributed by atoms with Gasteiger partial charge in [-0.25, -0.2) is 23.1 Å². The van der Waals surface area contributed by atoms with Crippen molar-refractivity contribution >= 4 is 16.9 Å². The van der Waals surface area contributed by atoms with E-state index in [-0.39, 0.29) is 28.2 Å². The van der Waals surface area contributed by atoms with E-state index in [0.29, 0.717) is 41.6 Å². The summed E-state index contributed by atoms with van der Waals surface area (Å²) in [5.74, 6) is -1.29. The number of anilines is 1. The zero-order valence-corrected chi connectivity index (χ0v) is 23.7. The summed E-state index contributed by atoms with van der Waals surface area (Å²) in [7, 11) is 0. The summed E-state index contributed by atoms with van der Waals surface area (Å²) >= 11 is 0. The van der Waals surface area contributed by atoms with Gasteiger partial charge in [-0.15, -0.1) is 0 Å². The van der Waals surface area contributed by atoms with Crippen LogP contribution < -0.4 is 10.6 Å². The van der Waals surface area contributed by atoms with Crippen LogP contribution in [0.5, 0.6) is 5.75 Å². The van der Waals surface area contributed by atoms with E-state index in [1.54, 1.807) is 12.3 Å². The lowest BCUT2D eigenvalue weighted by molar-refractivity contribution is 0.176. The molecule has 1 aliphatic carbocycles. The Hall–Kier alpha value is -4.14. The molecule has 1 aliphatic heterocycles. The zero-order valence-electron chi connectivity index (χ0n) is 23.7. The van der Waals surface area contributed by atoms with E-state index in [2.05, 4.69) is 34.0 Å².